The number of hydrogen-bond donors (Lipinski definition) is 2. The lowest BCUT2D eigenvalue weighted by Crippen LogP contribution is -2.50. The second kappa shape index (κ2) is 8.38. The highest BCUT2D eigenvalue weighted by atomic mass is 32.2. The maximum absolute atomic E-state index is 12.9. The lowest BCUT2D eigenvalue weighted by molar-refractivity contribution is -0.167. The number of amides is 1. The van der Waals surface area contributed by atoms with Gasteiger partial charge in [0.25, 0.3) is 5.91 Å². The molecule has 2 aliphatic heterocycles. The summed E-state index contributed by atoms with van der Waals surface area (Å²) in [7, 11) is 0. The summed E-state index contributed by atoms with van der Waals surface area (Å²) in [6, 6.07) is 6.13. The third-order valence-electron chi connectivity index (χ3n) is 5.48. The number of piperidine rings is 1. The van der Waals surface area contributed by atoms with Crippen molar-refractivity contribution >= 4 is 29.0 Å². The van der Waals surface area contributed by atoms with Crippen LogP contribution in [0, 0.1) is 0 Å². The summed E-state index contributed by atoms with van der Waals surface area (Å²) < 4.78 is 6.61. The Morgan fingerprint density at radius 3 is 2.83 bits per heavy atom. The Labute approximate surface area is 181 Å². The molecule has 2 N–H and O–H groups in total. The number of fused-ring (bicyclic) bond motifs is 2. The monoisotopic (exact) mass is 431 g/mol. The van der Waals surface area contributed by atoms with Crippen molar-refractivity contribution in [3.63, 3.8) is 0 Å². The summed E-state index contributed by atoms with van der Waals surface area (Å²) in [5.74, 6) is 0.999. The molecule has 0 bridgehead atoms. The van der Waals surface area contributed by atoms with E-state index in [0.717, 1.165) is 53.6 Å². The highest BCUT2D eigenvalue weighted by Crippen LogP contribution is 2.48. The van der Waals surface area contributed by atoms with Gasteiger partial charge in [-0.1, -0.05) is 6.92 Å². The van der Waals surface area contributed by atoms with E-state index in [0.29, 0.717) is 6.54 Å². The molecule has 1 fully saturated rings. The van der Waals surface area contributed by atoms with E-state index < -0.39 is 0 Å². The molecule has 0 unspecified atom stereocenters. The molecule has 0 aromatic carbocycles. The SMILES string of the molecule is CCSc1ccc(CNC(=O)c2cc3c(s2)C2(CCNCC2)OC(C)(C)C3)nc1. The molecule has 1 amide bonds. The summed E-state index contributed by atoms with van der Waals surface area (Å²) >= 11 is 3.37. The van der Waals surface area contributed by atoms with E-state index in [-0.39, 0.29) is 17.1 Å². The van der Waals surface area contributed by atoms with Gasteiger partial charge < -0.3 is 15.4 Å². The van der Waals surface area contributed by atoms with Gasteiger partial charge in [0.15, 0.2) is 0 Å². The van der Waals surface area contributed by atoms with Gasteiger partial charge in [-0.2, -0.15) is 0 Å². The van der Waals surface area contributed by atoms with Crippen LogP contribution >= 0.6 is 23.1 Å². The maximum Gasteiger partial charge on any atom is 0.261 e. The van der Waals surface area contributed by atoms with E-state index in [2.05, 4.69) is 48.5 Å². The molecule has 2 aromatic rings. The Bertz CT molecular complexity index is 871. The van der Waals surface area contributed by atoms with Crippen molar-refractivity contribution in [2.75, 3.05) is 18.8 Å². The molecule has 156 valence electrons. The van der Waals surface area contributed by atoms with Crippen LogP contribution in [-0.4, -0.2) is 35.3 Å². The van der Waals surface area contributed by atoms with Gasteiger partial charge in [-0.15, -0.1) is 23.1 Å². The molecule has 2 aromatic heterocycles. The molecule has 4 rings (SSSR count). The first-order valence-corrected chi connectivity index (χ1v) is 12.1. The largest absolute Gasteiger partial charge is 0.363 e. The lowest BCUT2D eigenvalue weighted by Gasteiger charge is -2.47. The third-order valence-corrected chi connectivity index (χ3v) is 7.71. The molecule has 29 heavy (non-hydrogen) atoms. The lowest BCUT2D eigenvalue weighted by atomic mass is 9.81. The molecule has 0 aliphatic carbocycles. The molecule has 0 saturated carbocycles. The Balaban J connectivity index is 1.49. The number of carbonyl (C=O) groups excluding carboxylic acids is 1. The highest BCUT2D eigenvalue weighted by molar-refractivity contribution is 7.99. The fraction of sp³-hybridized carbons (Fsp3) is 0.545. The van der Waals surface area contributed by atoms with Gasteiger partial charge in [0.05, 0.1) is 22.7 Å². The predicted octanol–water partition coefficient (Wildman–Crippen LogP) is 4.12. The van der Waals surface area contributed by atoms with Crippen LogP contribution in [0.3, 0.4) is 0 Å². The van der Waals surface area contributed by atoms with Gasteiger partial charge in [0, 0.05) is 22.4 Å². The molecule has 0 atom stereocenters. The minimum Gasteiger partial charge on any atom is -0.363 e. The quantitative estimate of drug-likeness (QED) is 0.698. The summed E-state index contributed by atoms with van der Waals surface area (Å²) in [4.78, 5) is 20.5. The molecular formula is C22H29N3O2S2. The van der Waals surface area contributed by atoms with Gasteiger partial charge in [0.1, 0.15) is 5.60 Å². The molecule has 1 spiro atoms. The Hall–Kier alpha value is -1.41. The minimum atomic E-state index is -0.250. The average molecular weight is 432 g/mol. The zero-order chi connectivity index (χ0) is 20.5. The Morgan fingerprint density at radius 1 is 1.34 bits per heavy atom. The van der Waals surface area contributed by atoms with Gasteiger partial charge in [-0.3, -0.25) is 9.78 Å². The number of thiophene rings is 1. The van der Waals surface area contributed by atoms with Crippen molar-refractivity contribution in [1.82, 2.24) is 15.6 Å². The van der Waals surface area contributed by atoms with Gasteiger partial charge in [-0.25, -0.2) is 0 Å². The number of rotatable bonds is 5. The molecule has 7 heteroatoms. The molecule has 1 saturated heterocycles. The number of nitrogens with zero attached hydrogens (tertiary/aromatic N) is 1. The normalized spacial score (nSPS) is 19.7. The van der Waals surface area contributed by atoms with E-state index in [1.54, 1.807) is 23.1 Å². The van der Waals surface area contributed by atoms with E-state index in [1.807, 2.05) is 12.3 Å². The van der Waals surface area contributed by atoms with Crippen molar-refractivity contribution in [1.29, 1.82) is 0 Å². The number of nitrogens with one attached hydrogen (secondary N) is 2. The highest BCUT2D eigenvalue weighted by Gasteiger charge is 2.46. The maximum atomic E-state index is 12.9. The van der Waals surface area contributed by atoms with E-state index in [9.17, 15) is 4.79 Å². The van der Waals surface area contributed by atoms with Crippen LogP contribution in [0.25, 0.3) is 0 Å². The first-order valence-electron chi connectivity index (χ1n) is 10.3. The van der Waals surface area contributed by atoms with Crippen molar-refractivity contribution < 1.29 is 9.53 Å². The molecular weight excluding hydrogens is 402 g/mol. The zero-order valence-electron chi connectivity index (χ0n) is 17.3. The standard InChI is InChI=1S/C22H29N3O2S2/c1-4-28-17-6-5-16(24-14-17)13-25-20(26)18-11-15-12-21(2,3)27-22(19(15)29-18)7-9-23-10-8-22/h5-6,11,14,23H,4,7-10,12-13H2,1-3H3,(H,25,26). The van der Waals surface area contributed by atoms with Crippen molar-refractivity contribution in [2.24, 2.45) is 0 Å². The molecule has 2 aliphatic rings. The number of hydrogen-bond acceptors (Lipinski definition) is 6. The van der Waals surface area contributed by atoms with E-state index >= 15 is 0 Å². The second-order valence-electron chi connectivity index (χ2n) is 8.35. The molecule has 0 radical (unpaired) electrons. The molecule has 4 heterocycles. The number of pyridine rings is 1. The smallest absolute Gasteiger partial charge is 0.261 e. The number of ether oxygens (including phenoxy) is 1. The van der Waals surface area contributed by atoms with Crippen molar-refractivity contribution in [3.8, 4) is 0 Å². The number of carbonyl (C=O) groups is 1. The summed E-state index contributed by atoms with van der Waals surface area (Å²) in [5.41, 5.74) is 1.69. The van der Waals surface area contributed by atoms with Crippen molar-refractivity contribution in [2.45, 2.75) is 62.7 Å². The molecule has 5 nitrogen and oxygen atoms in total. The predicted molar refractivity (Wildman–Crippen MR) is 119 cm³/mol. The van der Waals surface area contributed by atoms with Gasteiger partial charge >= 0.3 is 0 Å². The minimum absolute atomic E-state index is 0.0277. The van der Waals surface area contributed by atoms with Crippen LogP contribution in [0.1, 0.15) is 59.4 Å². The van der Waals surface area contributed by atoms with E-state index in [1.165, 1.54) is 10.4 Å². The van der Waals surface area contributed by atoms with Gasteiger partial charge in [-0.05, 0) is 69.3 Å². The van der Waals surface area contributed by atoms with Crippen LogP contribution in [0.15, 0.2) is 29.3 Å². The summed E-state index contributed by atoms with van der Waals surface area (Å²) in [6.07, 6.45) is 4.63. The summed E-state index contributed by atoms with van der Waals surface area (Å²) in [6.45, 7) is 8.78. The Kier molecular flexibility index (Phi) is 6.02. The Morgan fingerprint density at radius 2 is 2.14 bits per heavy atom. The fourth-order valence-corrected chi connectivity index (χ4v) is 6.22. The van der Waals surface area contributed by atoms with E-state index in [4.69, 9.17) is 4.74 Å². The van der Waals surface area contributed by atoms with Crippen LogP contribution in [0.5, 0.6) is 0 Å². The zero-order valence-corrected chi connectivity index (χ0v) is 19.0. The second-order valence-corrected chi connectivity index (χ2v) is 10.7. The van der Waals surface area contributed by atoms with Crippen LogP contribution in [0.2, 0.25) is 0 Å². The average Bonchev–Trinajstić information content (AvgIpc) is 3.12. The van der Waals surface area contributed by atoms with Crippen LogP contribution < -0.4 is 10.6 Å². The van der Waals surface area contributed by atoms with Crippen LogP contribution in [0.4, 0.5) is 0 Å². The first kappa shape index (κ1) is 20.8. The fourth-order valence-electron chi connectivity index (χ4n) is 4.31. The van der Waals surface area contributed by atoms with Crippen molar-refractivity contribution in [3.05, 3.63) is 45.4 Å². The third kappa shape index (κ3) is 4.53. The summed E-state index contributed by atoms with van der Waals surface area (Å²) in [5, 5.41) is 6.47. The van der Waals surface area contributed by atoms with Crippen LogP contribution in [-0.2, 0) is 23.3 Å². The number of thioether (sulfide) groups is 1. The number of aromatic nitrogens is 1. The first-order chi connectivity index (χ1) is 13.9. The topological polar surface area (TPSA) is 63.2 Å². The van der Waals surface area contributed by atoms with Gasteiger partial charge in [0.2, 0.25) is 0 Å².